The van der Waals surface area contributed by atoms with E-state index in [1.165, 1.54) is 0 Å². The number of benzene rings is 1. The molecule has 1 aromatic carbocycles. The van der Waals surface area contributed by atoms with Gasteiger partial charge in [0.25, 0.3) is 0 Å². The standard InChI is InChI=1S/C11H9NOS/c13-10(14)7-9-4-1-3-8-5-2-6-12-11(8)9/h1-6H,7H2,(H,13,14). The monoisotopic (exact) mass is 203 g/mol. The zero-order valence-corrected chi connectivity index (χ0v) is 8.37. The van der Waals surface area contributed by atoms with Gasteiger partial charge in [-0.2, -0.15) is 0 Å². The molecular formula is C11H9NOS. The van der Waals surface area contributed by atoms with Crippen molar-refractivity contribution >= 4 is 28.6 Å². The van der Waals surface area contributed by atoms with Crippen molar-refractivity contribution in [3.8, 4) is 0 Å². The topological polar surface area (TPSA) is 30.0 Å². The summed E-state index contributed by atoms with van der Waals surface area (Å²) in [6, 6.07) is 9.68. The second-order valence-electron chi connectivity index (χ2n) is 3.06. The fraction of sp³-hybridized carbons (Fsp3) is 0.0909. The molecule has 0 radical (unpaired) electrons. The average Bonchev–Trinajstić information content (AvgIpc) is 2.18. The summed E-state index contributed by atoms with van der Waals surface area (Å²) in [5, 5.41) is 0.919. The van der Waals surface area contributed by atoms with Crippen molar-refractivity contribution in [1.29, 1.82) is 0 Å². The van der Waals surface area contributed by atoms with Gasteiger partial charge in [0.15, 0.2) is 5.12 Å². The lowest BCUT2D eigenvalue weighted by atomic mass is 10.1. The van der Waals surface area contributed by atoms with E-state index in [0.717, 1.165) is 16.5 Å². The average molecular weight is 203 g/mol. The molecule has 0 bridgehead atoms. The third kappa shape index (κ3) is 1.77. The smallest absolute Gasteiger partial charge is 0.190 e. The van der Waals surface area contributed by atoms with Gasteiger partial charge in [0, 0.05) is 18.0 Å². The second kappa shape index (κ2) is 3.80. The highest BCUT2D eigenvalue weighted by molar-refractivity contribution is 7.96. The molecule has 0 amide bonds. The van der Waals surface area contributed by atoms with Crippen molar-refractivity contribution in [3.05, 3.63) is 42.1 Å². The number of pyridine rings is 1. The van der Waals surface area contributed by atoms with E-state index in [-0.39, 0.29) is 5.12 Å². The van der Waals surface area contributed by atoms with Crippen LogP contribution in [-0.2, 0) is 11.2 Å². The molecule has 1 aromatic heterocycles. The van der Waals surface area contributed by atoms with Crippen LogP contribution in [0.4, 0.5) is 0 Å². The summed E-state index contributed by atoms with van der Waals surface area (Å²) in [6.45, 7) is 0. The molecule has 0 N–H and O–H groups in total. The maximum Gasteiger partial charge on any atom is 0.190 e. The van der Waals surface area contributed by atoms with Gasteiger partial charge in [-0.15, -0.1) is 12.6 Å². The lowest BCUT2D eigenvalue weighted by Crippen LogP contribution is -1.95. The number of fused-ring (bicyclic) bond motifs is 1. The molecule has 14 heavy (non-hydrogen) atoms. The van der Waals surface area contributed by atoms with Crippen molar-refractivity contribution in [2.24, 2.45) is 0 Å². The number of hydrogen-bond donors (Lipinski definition) is 1. The molecule has 0 aliphatic heterocycles. The Morgan fingerprint density at radius 3 is 2.86 bits per heavy atom. The zero-order chi connectivity index (χ0) is 9.97. The van der Waals surface area contributed by atoms with E-state index in [4.69, 9.17) is 0 Å². The van der Waals surface area contributed by atoms with Gasteiger partial charge in [0.2, 0.25) is 0 Å². The Labute approximate surface area is 87.4 Å². The van der Waals surface area contributed by atoms with Crippen molar-refractivity contribution < 1.29 is 4.79 Å². The first-order chi connectivity index (χ1) is 6.77. The second-order valence-corrected chi connectivity index (χ2v) is 3.56. The van der Waals surface area contributed by atoms with E-state index in [0.29, 0.717) is 6.42 Å². The molecule has 0 aliphatic carbocycles. The molecule has 70 valence electrons. The van der Waals surface area contributed by atoms with Gasteiger partial charge in [-0.05, 0) is 11.6 Å². The molecule has 2 nitrogen and oxygen atoms in total. The number of aromatic nitrogens is 1. The highest BCUT2D eigenvalue weighted by atomic mass is 32.1. The van der Waals surface area contributed by atoms with Crippen LogP contribution >= 0.6 is 12.6 Å². The van der Waals surface area contributed by atoms with Crippen LogP contribution < -0.4 is 0 Å². The maximum atomic E-state index is 10.9. The van der Waals surface area contributed by atoms with Gasteiger partial charge >= 0.3 is 0 Å². The zero-order valence-electron chi connectivity index (χ0n) is 7.47. The minimum absolute atomic E-state index is 0.136. The summed E-state index contributed by atoms with van der Waals surface area (Å²) < 4.78 is 0. The highest BCUT2D eigenvalue weighted by Gasteiger charge is 2.03. The van der Waals surface area contributed by atoms with Crippen LogP contribution in [0.2, 0.25) is 0 Å². The van der Waals surface area contributed by atoms with Gasteiger partial charge in [0.05, 0.1) is 5.52 Å². The number of thiol groups is 1. The summed E-state index contributed by atoms with van der Waals surface area (Å²) in [7, 11) is 0. The van der Waals surface area contributed by atoms with Crippen LogP contribution in [-0.4, -0.2) is 10.1 Å². The minimum atomic E-state index is -0.136. The highest BCUT2D eigenvalue weighted by Crippen LogP contribution is 2.16. The number of nitrogens with zero attached hydrogens (tertiary/aromatic N) is 1. The molecule has 3 heteroatoms. The van der Waals surface area contributed by atoms with Crippen molar-refractivity contribution in [3.63, 3.8) is 0 Å². The van der Waals surface area contributed by atoms with E-state index in [1.54, 1.807) is 6.20 Å². The third-order valence-corrected chi connectivity index (χ3v) is 2.22. The summed E-state index contributed by atoms with van der Waals surface area (Å²) in [5.74, 6) is 0. The van der Waals surface area contributed by atoms with E-state index < -0.39 is 0 Å². The number of rotatable bonds is 2. The summed E-state index contributed by atoms with van der Waals surface area (Å²) in [4.78, 5) is 15.1. The molecule has 0 saturated carbocycles. The summed E-state index contributed by atoms with van der Waals surface area (Å²) in [5.41, 5.74) is 1.82. The molecule has 0 saturated heterocycles. The van der Waals surface area contributed by atoms with Gasteiger partial charge < -0.3 is 0 Å². The molecule has 2 aromatic rings. The number of carbonyl (C=O) groups excluding carboxylic acids is 1. The van der Waals surface area contributed by atoms with Crippen molar-refractivity contribution in [1.82, 2.24) is 4.98 Å². The summed E-state index contributed by atoms with van der Waals surface area (Å²) >= 11 is 3.77. The van der Waals surface area contributed by atoms with Crippen LogP contribution in [0.25, 0.3) is 10.9 Å². The molecule has 0 unspecified atom stereocenters. The maximum absolute atomic E-state index is 10.9. The van der Waals surface area contributed by atoms with E-state index >= 15 is 0 Å². The molecule has 1 heterocycles. The Bertz CT molecular complexity index is 476. The van der Waals surface area contributed by atoms with Crippen LogP contribution in [0.15, 0.2) is 36.5 Å². The third-order valence-electron chi connectivity index (χ3n) is 2.06. The first-order valence-electron chi connectivity index (χ1n) is 4.32. The number of hydrogen-bond acceptors (Lipinski definition) is 2. The molecular weight excluding hydrogens is 194 g/mol. The molecule has 0 atom stereocenters. The van der Waals surface area contributed by atoms with E-state index in [1.807, 2.05) is 30.3 Å². The SMILES string of the molecule is O=C(S)Cc1cccc2cccnc12. The van der Waals surface area contributed by atoms with Crippen molar-refractivity contribution in [2.75, 3.05) is 0 Å². The molecule has 2 rings (SSSR count). The fourth-order valence-corrected chi connectivity index (χ4v) is 1.64. The predicted molar refractivity (Wildman–Crippen MR) is 59.4 cm³/mol. The van der Waals surface area contributed by atoms with Gasteiger partial charge in [-0.1, -0.05) is 24.3 Å². The Hall–Kier alpha value is -1.35. The normalized spacial score (nSPS) is 10.4. The first-order valence-corrected chi connectivity index (χ1v) is 4.76. The Balaban J connectivity index is 2.59. The molecule has 0 fully saturated rings. The lowest BCUT2D eigenvalue weighted by molar-refractivity contribution is -0.110. The number of carbonyl (C=O) groups is 1. The van der Waals surface area contributed by atoms with Crippen molar-refractivity contribution in [2.45, 2.75) is 6.42 Å². The summed E-state index contributed by atoms with van der Waals surface area (Å²) in [6.07, 6.45) is 2.06. The Kier molecular flexibility index (Phi) is 2.50. The Morgan fingerprint density at radius 1 is 1.29 bits per heavy atom. The van der Waals surface area contributed by atoms with Crippen LogP contribution in [0.3, 0.4) is 0 Å². The Morgan fingerprint density at radius 2 is 2.07 bits per heavy atom. The minimum Gasteiger partial charge on any atom is -0.287 e. The van der Waals surface area contributed by atoms with Crippen LogP contribution in [0.5, 0.6) is 0 Å². The van der Waals surface area contributed by atoms with Crippen LogP contribution in [0.1, 0.15) is 5.56 Å². The lowest BCUT2D eigenvalue weighted by Gasteiger charge is -2.02. The number of para-hydroxylation sites is 1. The first kappa shape index (κ1) is 9.21. The van der Waals surface area contributed by atoms with E-state index in [9.17, 15) is 4.79 Å². The quantitative estimate of drug-likeness (QED) is 0.758. The predicted octanol–water partition coefficient (Wildman–Crippen LogP) is 2.23. The van der Waals surface area contributed by atoms with Crippen LogP contribution in [0, 0.1) is 0 Å². The van der Waals surface area contributed by atoms with Gasteiger partial charge in [-0.25, -0.2) is 0 Å². The largest absolute Gasteiger partial charge is 0.287 e. The fourth-order valence-electron chi connectivity index (χ4n) is 1.47. The molecule has 0 aliphatic rings. The van der Waals surface area contributed by atoms with Gasteiger partial charge in [0.1, 0.15) is 0 Å². The molecule has 0 spiro atoms. The van der Waals surface area contributed by atoms with E-state index in [2.05, 4.69) is 17.6 Å². The van der Waals surface area contributed by atoms with Gasteiger partial charge in [-0.3, -0.25) is 9.78 Å².